The Morgan fingerprint density at radius 2 is 2.28 bits per heavy atom. The SMILES string of the molecule is CCC(C)(N)C(=O)NCC1Cc2ccccc2O1. The molecule has 1 heterocycles. The van der Waals surface area contributed by atoms with Crippen LogP contribution in [-0.4, -0.2) is 24.1 Å². The van der Waals surface area contributed by atoms with Gasteiger partial charge in [-0.15, -0.1) is 0 Å². The van der Waals surface area contributed by atoms with Gasteiger partial charge in [-0.25, -0.2) is 0 Å². The molecule has 1 amide bonds. The molecule has 98 valence electrons. The van der Waals surface area contributed by atoms with Gasteiger partial charge in [0, 0.05) is 6.42 Å². The molecule has 0 radical (unpaired) electrons. The predicted molar refractivity (Wildman–Crippen MR) is 70.5 cm³/mol. The first-order valence-corrected chi connectivity index (χ1v) is 6.34. The van der Waals surface area contributed by atoms with Gasteiger partial charge in [-0.05, 0) is 25.0 Å². The molecule has 4 heteroatoms. The van der Waals surface area contributed by atoms with Crippen molar-refractivity contribution in [2.24, 2.45) is 5.73 Å². The highest BCUT2D eigenvalue weighted by Gasteiger charge is 2.28. The average molecular weight is 248 g/mol. The third kappa shape index (κ3) is 2.64. The van der Waals surface area contributed by atoms with Gasteiger partial charge >= 0.3 is 0 Å². The molecular weight excluding hydrogens is 228 g/mol. The smallest absolute Gasteiger partial charge is 0.239 e. The summed E-state index contributed by atoms with van der Waals surface area (Å²) < 4.78 is 5.75. The fourth-order valence-electron chi connectivity index (χ4n) is 1.94. The summed E-state index contributed by atoms with van der Waals surface area (Å²) >= 11 is 0. The number of nitrogens with two attached hydrogens (primary N) is 1. The maximum Gasteiger partial charge on any atom is 0.239 e. The van der Waals surface area contributed by atoms with E-state index in [-0.39, 0.29) is 12.0 Å². The molecule has 1 aliphatic heterocycles. The fourth-order valence-corrected chi connectivity index (χ4v) is 1.94. The van der Waals surface area contributed by atoms with E-state index < -0.39 is 5.54 Å². The molecule has 0 aromatic heterocycles. The molecule has 18 heavy (non-hydrogen) atoms. The van der Waals surface area contributed by atoms with Gasteiger partial charge in [0.2, 0.25) is 5.91 Å². The van der Waals surface area contributed by atoms with Crippen molar-refractivity contribution in [3.63, 3.8) is 0 Å². The lowest BCUT2D eigenvalue weighted by Crippen LogP contribution is -2.52. The molecule has 0 saturated heterocycles. The summed E-state index contributed by atoms with van der Waals surface area (Å²) in [6.45, 7) is 4.15. The highest BCUT2D eigenvalue weighted by atomic mass is 16.5. The van der Waals surface area contributed by atoms with Crippen LogP contribution >= 0.6 is 0 Å². The summed E-state index contributed by atoms with van der Waals surface area (Å²) in [5.74, 6) is 0.798. The van der Waals surface area contributed by atoms with Crippen LogP contribution in [-0.2, 0) is 11.2 Å². The van der Waals surface area contributed by atoms with Gasteiger partial charge in [0.1, 0.15) is 11.9 Å². The van der Waals surface area contributed by atoms with Crippen molar-refractivity contribution in [2.45, 2.75) is 38.3 Å². The molecule has 0 fully saturated rings. The molecule has 2 unspecified atom stereocenters. The Kier molecular flexibility index (Phi) is 3.57. The van der Waals surface area contributed by atoms with E-state index in [0.29, 0.717) is 13.0 Å². The highest BCUT2D eigenvalue weighted by molar-refractivity contribution is 5.85. The predicted octanol–water partition coefficient (Wildman–Crippen LogP) is 1.23. The van der Waals surface area contributed by atoms with Crippen LogP contribution in [0, 0.1) is 0 Å². The summed E-state index contributed by atoms with van der Waals surface area (Å²) in [6, 6.07) is 7.96. The van der Waals surface area contributed by atoms with Crippen LogP contribution in [0.5, 0.6) is 5.75 Å². The second-order valence-electron chi connectivity index (χ2n) is 5.03. The minimum atomic E-state index is -0.800. The molecule has 1 aliphatic rings. The molecule has 4 nitrogen and oxygen atoms in total. The number of hydrogen-bond acceptors (Lipinski definition) is 3. The first kappa shape index (κ1) is 12.9. The van der Waals surface area contributed by atoms with Crippen LogP contribution in [0.4, 0.5) is 0 Å². The van der Waals surface area contributed by atoms with Crippen molar-refractivity contribution >= 4 is 5.91 Å². The summed E-state index contributed by atoms with van der Waals surface area (Å²) in [4.78, 5) is 11.8. The molecule has 1 aromatic rings. The number of rotatable bonds is 4. The maximum atomic E-state index is 11.8. The molecule has 0 bridgehead atoms. The van der Waals surface area contributed by atoms with Crippen molar-refractivity contribution in [1.82, 2.24) is 5.32 Å². The molecule has 1 aromatic carbocycles. The third-order valence-corrected chi connectivity index (χ3v) is 3.46. The van der Waals surface area contributed by atoms with Crippen LogP contribution in [0.2, 0.25) is 0 Å². The summed E-state index contributed by atoms with van der Waals surface area (Å²) in [5, 5.41) is 2.86. The minimum Gasteiger partial charge on any atom is -0.488 e. The first-order chi connectivity index (χ1) is 8.53. The first-order valence-electron chi connectivity index (χ1n) is 6.34. The number of hydrogen-bond donors (Lipinski definition) is 2. The quantitative estimate of drug-likeness (QED) is 0.842. The van der Waals surface area contributed by atoms with Gasteiger partial charge < -0.3 is 15.8 Å². The Hall–Kier alpha value is -1.55. The van der Waals surface area contributed by atoms with Gasteiger partial charge in [-0.3, -0.25) is 4.79 Å². The Morgan fingerprint density at radius 1 is 1.56 bits per heavy atom. The van der Waals surface area contributed by atoms with Crippen molar-refractivity contribution in [3.8, 4) is 5.75 Å². The number of para-hydroxylation sites is 1. The average Bonchev–Trinajstić information content (AvgIpc) is 2.78. The zero-order valence-corrected chi connectivity index (χ0v) is 10.9. The molecule has 3 N–H and O–H groups in total. The minimum absolute atomic E-state index is 0.0130. The van der Waals surface area contributed by atoms with E-state index in [2.05, 4.69) is 11.4 Å². The van der Waals surface area contributed by atoms with Crippen molar-refractivity contribution < 1.29 is 9.53 Å². The van der Waals surface area contributed by atoms with E-state index in [1.165, 1.54) is 5.56 Å². The number of fused-ring (bicyclic) bond motifs is 1. The maximum absolute atomic E-state index is 11.8. The van der Waals surface area contributed by atoms with Crippen LogP contribution in [0.3, 0.4) is 0 Å². The summed E-state index contributed by atoms with van der Waals surface area (Å²) in [5.41, 5.74) is 6.27. The normalized spacial score (nSPS) is 20.7. The highest BCUT2D eigenvalue weighted by Crippen LogP contribution is 2.27. The monoisotopic (exact) mass is 248 g/mol. The van der Waals surface area contributed by atoms with Crippen LogP contribution < -0.4 is 15.8 Å². The van der Waals surface area contributed by atoms with E-state index in [1.54, 1.807) is 6.92 Å². The van der Waals surface area contributed by atoms with Crippen molar-refractivity contribution in [3.05, 3.63) is 29.8 Å². The molecule has 2 rings (SSSR count). The second-order valence-corrected chi connectivity index (χ2v) is 5.03. The number of nitrogens with one attached hydrogen (secondary N) is 1. The van der Waals surface area contributed by atoms with E-state index >= 15 is 0 Å². The molecule has 2 atom stereocenters. The molecule has 0 aliphatic carbocycles. The topological polar surface area (TPSA) is 64.4 Å². The van der Waals surface area contributed by atoms with E-state index in [1.807, 2.05) is 25.1 Å². The van der Waals surface area contributed by atoms with E-state index in [0.717, 1.165) is 12.2 Å². The zero-order chi connectivity index (χ0) is 13.2. The van der Waals surface area contributed by atoms with Gasteiger partial charge in [-0.1, -0.05) is 25.1 Å². The number of carbonyl (C=O) groups is 1. The lowest BCUT2D eigenvalue weighted by molar-refractivity contribution is -0.126. The molecule has 0 spiro atoms. The number of carbonyl (C=O) groups excluding carboxylic acids is 1. The largest absolute Gasteiger partial charge is 0.488 e. The van der Waals surface area contributed by atoms with E-state index in [4.69, 9.17) is 10.5 Å². The fraction of sp³-hybridized carbons (Fsp3) is 0.500. The van der Waals surface area contributed by atoms with Crippen molar-refractivity contribution in [2.75, 3.05) is 6.54 Å². The van der Waals surface area contributed by atoms with Crippen LogP contribution in [0.25, 0.3) is 0 Å². The van der Waals surface area contributed by atoms with Crippen LogP contribution in [0.15, 0.2) is 24.3 Å². The summed E-state index contributed by atoms with van der Waals surface area (Å²) in [6.07, 6.45) is 1.47. The Labute approximate surface area is 108 Å². The van der Waals surface area contributed by atoms with Gasteiger partial charge in [0.05, 0.1) is 12.1 Å². The van der Waals surface area contributed by atoms with Gasteiger partial charge in [-0.2, -0.15) is 0 Å². The summed E-state index contributed by atoms with van der Waals surface area (Å²) in [7, 11) is 0. The number of benzene rings is 1. The van der Waals surface area contributed by atoms with Gasteiger partial charge in [0.25, 0.3) is 0 Å². The molecular formula is C14H20N2O2. The lowest BCUT2D eigenvalue weighted by Gasteiger charge is -2.22. The number of ether oxygens (including phenoxy) is 1. The second kappa shape index (κ2) is 4.98. The van der Waals surface area contributed by atoms with Crippen molar-refractivity contribution in [1.29, 1.82) is 0 Å². The van der Waals surface area contributed by atoms with Gasteiger partial charge in [0.15, 0.2) is 0 Å². The lowest BCUT2D eigenvalue weighted by atomic mass is 9.99. The van der Waals surface area contributed by atoms with E-state index in [9.17, 15) is 4.79 Å². The standard InChI is InChI=1S/C14H20N2O2/c1-3-14(2,15)13(17)16-9-11-8-10-6-4-5-7-12(10)18-11/h4-7,11H,3,8-9,15H2,1-2H3,(H,16,17). The Bertz CT molecular complexity index is 418. The zero-order valence-electron chi connectivity index (χ0n) is 10.9. The molecule has 0 saturated carbocycles. The van der Waals surface area contributed by atoms with Crippen LogP contribution in [0.1, 0.15) is 25.8 Å². The number of amides is 1. The third-order valence-electron chi connectivity index (χ3n) is 3.46. The Balaban J connectivity index is 1.86. The Morgan fingerprint density at radius 3 is 2.94 bits per heavy atom.